The van der Waals surface area contributed by atoms with E-state index in [1.165, 1.54) is 0 Å². The van der Waals surface area contributed by atoms with Crippen molar-refractivity contribution in [2.24, 2.45) is 5.41 Å². The average Bonchev–Trinajstić information content (AvgIpc) is 2.72. The maximum atomic E-state index is 12.2. The van der Waals surface area contributed by atoms with Gasteiger partial charge in [0, 0.05) is 11.3 Å². The Balaban J connectivity index is 2.19. The van der Waals surface area contributed by atoms with E-state index in [9.17, 15) is 19.5 Å². The average molecular weight is 290 g/mol. The first-order chi connectivity index (χ1) is 9.68. The van der Waals surface area contributed by atoms with Crippen molar-refractivity contribution in [3.63, 3.8) is 0 Å². The van der Waals surface area contributed by atoms with Gasteiger partial charge < -0.3 is 15.7 Å². The van der Waals surface area contributed by atoms with E-state index in [4.69, 9.17) is 0 Å². The molecule has 1 atom stereocenters. The molecular weight excluding hydrogens is 272 g/mol. The van der Waals surface area contributed by atoms with Crippen molar-refractivity contribution in [1.82, 2.24) is 5.32 Å². The summed E-state index contributed by atoms with van der Waals surface area (Å²) in [4.78, 5) is 34.8. The van der Waals surface area contributed by atoms with Crippen molar-refractivity contribution in [3.05, 3.63) is 29.3 Å². The largest absolute Gasteiger partial charge is 0.480 e. The summed E-state index contributed by atoms with van der Waals surface area (Å²) >= 11 is 0. The molecule has 1 aliphatic rings. The van der Waals surface area contributed by atoms with Crippen LogP contribution in [-0.4, -0.2) is 28.9 Å². The highest BCUT2D eigenvalue weighted by atomic mass is 16.4. The maximum Gasteiger partial charge on any atom is 0.326 e. The SMILES string of the molecule is CC(C)(C)[C@H](NC(=O)c1ccc2c(c1)NC(=O)C2)C(=O)O. The number of hydrogen-bond donors (Lipinski definition) is 3. The maximum absolute atomic E-state index is 12.2. The van der Waals surface area contributed by atoms with E-state index >= 15 is 0 Å². The number of fused-ring (bicyclic) bond motifs is 1. The molecule has 0 unspecified atom stereocenters. The third-order valence-corrected chi connectivity index (χ3v) is 3.39. The molecule has 0 aromatic heterocycles. The molecule has 6 nitrogen and oxygen atoms in total. The van der Waals surface area contributed by atoms with Gasteiger partial charge in [-0.1, -0.05) is 26.8 Å². The van der Waals surface area contributed by atoms with Crippen molar-refractivity contribution < 1.29 is 19.5 Å². The van der Waals surface area contributed by atoms with Crippen LogP contribution < -0.4 is 10.6 Å². The second-order valence-corrected chi connectivity index (χ2v) is 6.21. The molecule has 2 rings (SSSR count). The quantitative estimate of drug-likeness (QED) is 0.784. The molecule has 1 aromatic rings. The third kappa shape index (κ3) is 3.21. The molecule has 3 N–H and O–H groups in total. The highest BCUT2D eigenvalue weighted by Crippen LogP contribution is 2.25. The molecule has 1 aromatic carbocycles. The lowest BCUT2D eigenvalue weighted by molar-refractivity contribution is -0.142. The Kier molecular flexibility index (Phi) is 3.72. The van der Waals surface area contributed by atoms with Gasteiger partial charge in [0.2, 0.25) is 5.91 Å². The predicted molar refractivity (Wildman–Crippen MR) is 77.1 cm³/mol. The van der Waals surface area contributed by atoms with Gasteiger partial charge in [-0.25, -0.2) is 4.79 Å². The molecule has 1 aliphatic heterocycles. The number of hydrogen-bond acceptors (Lipinski definition) is 3. The predicted octanol–water partition coefficient (Wildman–Crippen LogP) is 1.41. The van der Waals surface area contributed by atoms with Gasteiger partial charge in [0.25, 0.3) is 5.91 Å². The number of amides is 2. The number of nitrogens with one attached hydrogen (secondary N) is 2. The molecule has 0 saturated heterocycles. The van der Waals surface area contributed by atoms with Crippen LogP contribution in [0.3, 0.4) is 0 Å². The van der Waals surface area contributed by atoms with Gasteiger partial charge >= 0.3 is 5.97 Å². The number of benzene rings is 1. The van der Waals surface area contributed by atoms with Crippen LogP contribution in [0.2, 0.25) is 0 Å². The van der Waals surface area contributed by atoms with Crippen molar-refractivity contribution in [2.45, 2.75) is 33.2 Å². The minimum atomic E-state index is -1.08. The Morgan fingerprint density at radius 3 is 2.57 bits per heavy atom. The lowest BCUT2D eigenvalue weighted by Crippen LogP contribution is -2.49. The number of carboxylic acids is 1. The molecule has 0 saturated carbocycles. The fraction of sp³-hybridized carbons (Fsp3) is 0.400. The molecular formula is C15H18N2O4. The number of rotatable bonds is 3. The summed E-state index contributed by atoms with van der Waals surface area (Å²) < 4.78 is 0. The summed E-state index contributed by atoms with van der Waals surface area (Å²) in [5.41, 5.74) is 1.16. The summed E-state index contributed by atoms with van der Waals surface area (Å²) in [6, 6.07) is 3.87. The first-order valence-electron chi connectivity index (χ1n) is 6.65. The van der Waals surface area contributed by atoms with Gasteiger partial charge in [-0.3, -0.25) is 9.59 Å². The standard InChI is InChI=1S/C15H18N2O4/c1-15(2,3)12(14(20)21)17-13(19)9-5-4-8-7-11(18)16-10(8)6-9/h4-6,12H,7H2,1-3H3,(H,16,18)(H,17,19)(H,20,21)/t12-/m1/s1. The number of anilines is 1. The Morgan fingerprint density at radius 1 is 1.33 bits per heavy atom. The van der Waals surface area contributed by atoms with E-state index in [1.807, 2.05) is 0 Å². The van der Waals surface area contributed by atoms with Gasteiger partial charge in [0.15, 0.2) is 0 Å². The van der Waals surface area contributed by atoms with Gasteiger partial charge in [0.1, 0.15) is 6.04 Å². The lowest BCUT2D eigenvalue weighted by Gasteiger charge is -2.27. The van der Waals surface area contributed by atoms with E-state index in [0.717, 1.165) is 5.56 Å². The number of carbonyl (C=O) groups excluding carboxylic acids is 2. The Bertz CT molecular complexity index is 617. The molecule has 0 radical (unpaired) electrons. The zero-order valence-corrected chi connectivity index (χ0v) is 12.2. The topological polar surface area (TPSA) is 95.5 Å². The lowest BCUT2D eigenvalue weighted by atomic mass is 9.86. The van der Waals surface area contributed by atoms with Gasteiger partial charge in [-0.05, 0) is 23.1 Å². The van der Waals surface area contributed by atoms with Crippen molar-refractivity contribution in [1.29, 1.82) is 0 Å². The van der Waals surface area contributed by atoms with Crippen molar-refractivity contribution >= 4 is 23.5 Å². The van der Waals surface area contributed by atoms with Crippen LogP contribution in [0.25, 0.3) is 0 Å². The van der Waals surface area contributed by atoms with Crippen LogP contribution in [0.15, 0.2) is 18.2 Å². The van der Waals surface area contributed by atoms with Crippen LogP contribution >= 0.6 is 0 Å². The first kappa shape index (κ1) is 15.0. The van der Waals surface area contributed by atoms with Crippen LogP contribution in [0.5, 0.6) is 0 Å². The zero-order chi connectivity index (χ0) is 15.8. The highest BCUT2D eigenvalue weighted by Gasteiger charge is 2.33. The van der Waals surface area contributed by atoms with E-state index in [1.54, 1.807) is 39.0 Å². The van der Waals surface area contributed by atoms with Crippen LogP contribution in [-0.2, 0) is 16.0 Å². The van der Waals surface area contributed by atoms with E-state index in [2.05, 4.69) is 10.6 Å². The normalized spacial score (nSPS) is 15.1. The Labute approximate surface area is 122 Å². The number of carbonyl (C=O) groups is 3. The van der Waals surface area contributed by atoms with Crippen LogP contribution in [0.1, 0.15) is 36.7 Å². The Morgan fingerprint density at radius 2 is 2.00 bits per heavy atom. The number of carboxylic acid groups (broad SMARTS) is 1. The molecule has 0 spiro atoms. The minimum absolute atomic E-state index is 0.110. The molecule has 2 amide bonds. The van der Waals surface area contributed by atoms with E-state index < -0.39 is 23.3 Å². The fourth-order valence-electron chi connectivity index (χ4n) is 2.22. The molecule has 1 heterocycles. The van der Waals surface area contributed by atoms with Gasteiger partial charge in [-0.15, -0.1) is 0 Å². The summed E-state index contributed by atoms with van der Waals surface area (Å²) in [5, 5.41) is 14.4. The summed E-state index contributed by atoms with van der Waals surface area (Å²) in [6.07, 6.45) is 0.303. The second-order valence-electron chi connectivity index (χ2n) is 6.21. The van der Waals surface area contributed by atoms with Crippen molar-refractivity contribution in [2.75, 3.05) is 5.32 Å². The first-order valence-corrected chi connectivity index (χ1v) is 6.65. The molecule has 112 valence electrons. The highest BCUT2D eigenvalue weighted by molar-refractivity contribution is 6.02. The van der Waals surface area contributed by atoms with Gasteiger partial charge in [0.05, 0.1) is 6.42 Å². The molecule has 0 bridgehead atoms. The smallest absolute Gasteiger partial charge is 0.326 e. The van der Waals surface area contributed by atoms with Crippen LogP contribution in [0.4, 0.5) is 5.69 Å². The monoisotopic (exact) mass is 290 g/mol. The summed E-state index contributed by atoms with van der Waals surface area (Å²) in [6.45, 7) is 5.24. The molecule has 0 fully saturated rings. The Hall–Kier alpha value is -2.37. The van der Waals surface area contributed by atoms with Gasteiger partial charge in [-0.2, -0.15) is 0 Å². The minimum Gasteiger partial charge on any atom is -0.480 e. The zero-order valence-electron chi connectivity index (χ0n) is 12.2. The number of aliphatic carboxylic acids is 1. The molecule has 21 heavy (non-hydrogen) atoms. The van der Waals surface area contributed by atoms with E-state index in [0.29, 0.717) is 17.7 Å². The fourth-order valence-corrected chi connectivity index (χ4v) is 2.22. The van der Waals surface area contributed by atoms with E-state index in [-0.39, 0.29) is 5.91 Å². The third-order valence-electron chi connectivity index (χ3n) is 3.39. The molecule has 0 aliphatic carbocycles. The second kappa shape index (κ2) is 5.20. The molecule has 6 heteroatoms. The van der Waals surface area contributed by atoms with Crippen molar-refractivity contribution in [3.8, 4) is 0 Å². The van der Waals surface area contributed by atoms with Crippen LogP contribution in [0, 0.1) is 5.41 Å². The summed E-state index contributed by atoms with van der Waals surface area (Å²) in [5.74, 6) is -1.66. The summed E-state index contributed by atoms with van der Waals surface area (Å²) in [7, 11) is 0.